The molecule has 0 saturated carbocycles. The molecule has 17 heavy (non-hydrogen) atoms. The lowest BCUT2D eigenvalue weighted by molar-refractivity contribution is -0.117. The van der Waals surface area contributed by atoms with Gasteiger partial charge in [-0.05, 0) is 16.9 Å². The van der Waals surface area contributed by atoms with Crippen molar-refractivity contribution < 1.29 is 14.3 Å². The summed E-state index contributed by atoms with van der Waals surface area (Å²) in [6, 6.07) is 1.71. The Morgan fingerprint density at radius 3 is 2.59 bits per heavy atom. The minimum atomic E-state index is -0.425. The number of anilines is 1. The van der Waals surface area contributed by atoms with Crippen molar-refractivity contribution in [3.63, 3.8) is 0 Å². The molecule has 0 bridgehead atoms. The van der Waals surface area contributed by atoms with Crippen LogP contribution in [0.5, 0.6) is 0 Å². The van der Waals surface area contributed by atoms with Crippen LogP contribution in [0.25, 0.3) is 0 Å². The highest BCUT2D eigenvalue weighted by Gasteiger charge is 2.19. The second kappa shape index (κ2) is 5.31. The summed E-state index contributed by atoms with van der Waals surface area (Å²) < 4.78 is 4.64. The van der Waals surface area contributed by atoms with Crippen LogP contribution in [0.2, 0.25) is 0 Å². The van der Waals surface area contributed by atoms with Gasteiger partial charge in [-0.25, -0.2) is 4.79 Å². The Hall–Kier alpha value is -1.36. The normalized spacial score (nSPS) is 11.1. The number of carbonyl (C=O) groups excluding carboxylic acids is 2. The zero-order valence-corrected chi connectivity index (χ0v) is 11.3. The van der Waals surface area contributed by atoms with Crippen molar-refractivity contribution in [2.24, 2.45) is 5.41 Å². The molecule has 0 radical (unpaired) electrons. The molecule has 1 heterocycles. The average molecular weight is 255 g/mol. The number of thiophene rings is 1. The maximum atomic E-state index is 11.7. The third-order valence-corrected chi connectivity index (χ3v) is 2.90. The van der Waals surface area contributed by atoms with Crippen molar-refractivity contribution in [2.75, 3.05) is 12.4 Å². The number of nitrogens with one attached hydrogen (secondary N) is 1. The minimum absolute atomic E-state index is 0.0778. The van der Waals surface area contributed by atoms with E-state index in [1.165, 1.54) is 18.4 Å². The first-order valence-corrected chi connectivity index (χ1v) is 6.17. The molecule has 0 saturated heterocycles. The zero-order chi connectivity index (χ0) is 13.1. The minimum Gasteiger partial charge on any atom is -0.465 e. The van der Waals surface area contributed by atoms with Gasteiger partial charge in [-0.1, -0.05) is 20.8 Å². The second-order valence-corrected chi connectivity index (χ2v) is 5.86. The van der Waals surface area contributed by atoms with E-state index in [2.05, 4.69) is 10.1 Å². The molecule has 4 nitrogen and oxygen atoms in total. The molecule has 0 fully saturated rings. The van der Waals surface area contributed by atoms with E-state index in [1.807, 2.05) is 20.8 Å². The van der Waals surface area contributed by atoms with Crippen LogP contribution in [0.15, 0.2) is 11.4 Å². The van der Waals surface area contributed by atoms with Crippen LogP contribution >= 0.6 is 11.3 Å². The molecule has 94 valence electrons. The lowest BCUT2D eigenvalue weighted by Gasteiger charge is -2.17. The lowest BCUT2D eigenvalue weighted by Crippen LogP contribution is -2.20. The third kappa shape index (κ3) is 4.19. The molecule has 0 spiro atoms. The van der Waals surface area contributed by atoms with Crippen molar-refractivity contribution in [1.29, 1.82) is 0 Å². The molecule has 0 atom stereocenters. The Bertz CT molecular complexity index is 418. The van der Waals surface area contributed by atoms with E-state index in [-0.39, 0.29) is 11.3 Å². The van der Waals surface area contributed by atoms with E-state index >= 15 is 0 Å². The van der Waals surface area contributed by atoms with E-state index in [9.17, 15) is 9.59 Å². The van der Waals surface area contributed by atoms with Crippen molar-refractivity contribution in [1.82, 2.24) is 0 Å². The summed E-state index contributed by atoms with van der Waals surface area (Å²) in [5, 5.41) is 4.48. The largest absolute Gasteiger partial charge is 0.465 e. The summed E-state index contributed by atoms with van der Waals surface area (Å²) in [5.74, 6) is -0.521. The van der Waals surface area contributed by atoms with Gasteiger partial charge in [0.1, 0.15) is 4.88 Å². The van der Waals surface area contributed by atoms with E-state index in [1.54, 1.807) is 11.4 Å². The highest BCUT2D eigenvalue weighted by atomic mass is 32.1. The van der Waals surface area contributed by atoms with Gasteiger partial charge in [0, 0.05) is 6.42 Å². The SMILES string of the molecule is COC(=O)c1sccc1NC(=O)CC(C)(C)C. The molecule has 0 unspecified atom stereocenters. The number of rotatable bonds is 3. The number of amides is 1. The van der Waals surface area contributed by atoms with Crippen LogP contribution in [0.4, 0.5) is 5.69 Å². The molecule has 0 aliphatic heterocycles. The fourth-order valence-electron chi connectivity index (χ4n) is 1.33. The van der Waals surface area contributed by atoms with Crippen molar-refractivity contribution in [3.05, 3.63) is 16.3 Å². The summed E-state index contributed by atoms with van der Waals surface area (Å²) in [7, 11) is 1.32. The maximum absolute atomic E-state index is 11.7. The lowest BCUT2D eigenvalue weighted by atomic mass is 9.92. The van der Waals surface area contributed by atoms with Crippen molar-refractivity contribution >= 4 is 28.9 Å². The van der Waals surface area contributed by atoms with Gasteiger partial charge < -0.3 is 10.1 Å². The Kier molecular flexibility index (Phi) is 4.28. The van der Waals surface area contributed by atoms with Gasteiger partial charge in [-0.2, -0.15) is 0 Å². The number of esters is 1. The Labute approximate surface area is 105 Å². The topological polar surface area (TPSA) is 55.4 Å². The van der Waals surface area contributed by atoms with Crippen LogP contribution < -0.4 is 5.32 Å². The number of methoxy groups -OCH3 is 1. The summed E-state index contributed by atoms with van der Waals surface area (Å²) in [6.45, 7) is 5.96. The highest BCUT2D eigenvalue weighted by molar-refractivity contribution is 7.12. The molecular formula is C12H17NO3S. The molecule has 1 aromatic heterocycles. The molecule has 0 aromatic carbocycles. The van der Waals surface area contributed by atoms with E-state index in [0.717, 1.165) is 0 Å². The van der Waals surface area contributed by atoms with Crippen LogP contribution in [0.1, 0.15) is 36.9 Å². The summed E-state index contributed by atoms with van der Waals surface area (Å²) in [5.41, 5.74) is 0.446. The number of hydrogen-bond acceptors (Lipinski definition) is 4. The van der Waals surface area contributed by atoms with Crippen LogP contribution in [-0.4, -0.2) is 19.0 Å². The number of hydrogen-bond donors (Lipinski definition) is 1. The fourth-order valence-corrected chi connectivity index (χ4v) is 2.10. The third-order valence-electron chi connectivity index (χ3n) is 2.00. The van der Waals surface area contributed by atoms with Crippen molar-refractivity contribution in [3.8, 4) is 0 Å². The monoisotopic (exact) mass is 255 g/mol. The number of carbonyl (C=O) groups is 2. The Morgan fingerprint density at radius 1 is 1.41 bits per heavy atom. The van der Waals surface area contributed by atoms with Gasteiger partial charge in [0.15, 0.2) is 0 Å². The predicted octanol–water partition coefficient (Wildman–Crippen LogP) is 2.91. The van der Waals surface area contributed by atoms with Gasteiger partial charge in [0.25, 0.3) is 0 Å². The quantitative estimate of drug-likeness (QED) is 0.845. The second-order valence-electron chi connectivity index (χ2n) is 4.94. The van der Waals surface area contributed by atoms with Gasteiger partial charge in [-0.15, -0.1) is 11.3 Å². The molecular weight excluding hydrogens is 238 g/mol. The van der Waals surface area contributed by atoms with E-state index in [0.29, 0.717) is 17.0 Å². The molecule has 5 heteroatoms. The van der Waals surface area contributed by atoms with Gasteiger partial charge in [0.2, 0.25) is 5.91 Å². The first-order valence-electron chi connectivity index (χ1n) is 5.29. The fraction of sp³-hybridized carbons (Fsp3) is 0.500. The van der Waals surface area contributed by atoms with Gasteiger partial charge >= 0.3 is 5.97 Å². The molecule has 1 amide bonds. The molecule has 1 aromatic rings. The van der Waals surface area contributed by atoms with Gasteiger partial charge in [-0.3, -0.25) is 4.79 Å². The van der Waals surface area contributed by atoms with Gasteiger partial charge in [0.05, 0.1) is 12.8 Å². The first-order chi connectivity index (χ1) is 7.83. The molecule has 0 aliphatic rings. The summed E-state index contributed by atoms with van der Waals surface area (Å²) in [6.07, 6.45) is 0.406. The zero-order valence-electron chi connectivity index (χ0n) is 10.5. The molecule has 0 aliphatic carbocycles. The summed E-state index contributed by atoms with van der Waals surface area (Å²) in [4.78, 5) is 23.6. The van der Waals surface area contributed by atoms with Crippen LogP contribution in [-0.2, 0) is 9.53 Å². The van der Waals surface area contributed by atoms with Crippen LogP contribution in [0, 0.1) is 5.41 Å². The summed E-state index contributed by atoms with van der Waals surface area (Å²) >= 11 is 1.25. The van der Waals surface area contributed by atoms with Crippen molar-refractivity contribution in [2.45, 2.75) is 27.2 Å². The molecule has 1 N–H and O–H groups in total. The number of ether oxygens (including phenoxy) is 1. The van der Waals surface area contributed by atoms with E-state index in [4.69, 9.17) is 0 Å². The molecule has 1 rings (SSSR count). The Morgan fingerprint density at radius 2 is 2.06 bits per heavy atom. The smallest absolute Gasteiger partial charge is 0.350 e. The maximum Gasteiger partial charge on any atom is 0.350 e. The highest BCUT2D eigenvalue weighted by Crippen LogP contribution is 2.25. The Balaban J connectivity index is 2.72. The standard InChI is InChI=1S/C12H17NO3S/c1-12(2,3)7-9(14)13-8-5-6-17-10(8)11(15)16-4/h5-6H,7H2,1-4H3,(H,13,14). The average Bonchev–Trinajstić information content (AvgIpc) is 2.61. The predicted molar refractivity (Wildman–Crippen MR) is 68.4 cm³/mol. The van der Waals surface area contributed by atoms with Crippen LogP contribution in [0.3, 0.4) is 0 Å². The van der Waals surface area contributed by atoms with E-state index < -0.39 is 5.97 Å². The first kappa shape index (κ1) is 13.7.